The minimum Gasteiger partial charge on any atom is -0.368 e. The van der Waals surface area contributed by atoms with Crippen LogP contribution in [-0.2, 0) is 4.79 Å². The molecule has 3 aliphatic heterocycles. The third-order valence-corrected chi connectivity index (χ3v) is 7.60. The Balaban J connectivity index is 1.42. The number of carbonyl (C=O) groups is 1. The minimum absolute atomic E-state index is 0.0697. The summed E-state index contributed by atoms with van der Waals surface area (Å²) in [6.45, 7) is 5.99. The topological polar surface area (TPSA) is 48.5 Å². The lowest BCUT2D eigenvalue weighted by Gasteiger charge is -2.37. The smallest absolute Gasteiger partial charge is 0.252 e. The Morgan fingerprint density at radius 3 is 3.00 bits per heavy atom. The van der Waals surface area contributed by atoms with E-state index in [1.54, 1.807) is 17.4 Å². The number of allylic oxidation sites excluding steroid dienone is 1. The summed E-state index contributed by atoms with van der Waals surface area (Å²) in [5.41, 5.74) is 3.28. The van der Waals surface area contributed by atoms with E-state index < -0.39 is 0 Å². The van der Waals surface area contributed by atoms with Crippen molar-refractivity contribution in [2.75, 3.05) is 26.2 Å². The molecule has 27 heavy (non-hydrogen) atoms. The van der Waals surface area contributed by atoms with Crippen LogP contribution in [0.25, 0.3) is 15.5 Å². The molecule has 1 saturated heterocycles. The Bertz CT molecular complexity index is 1000. The quantitative estimate of drug-likeness (QED) is 0.793. The highest BCUT2D eigenvalue weighted by atomic mass is 32.1. The number of fused-ring (bicyclic) bond motifs is 2. The van der Waals surface area contributed by atoms with Crippen LogP contribution in [0.1, 0.15) is 10.6 Å². The molecule has 5 rings (SSSR count). The van der Waals surface area contributed by atoms with Crippen LogP contribution >= 0.6 is 19.9 Å². The summed E-state index contributed by atoms with van der Waals surface area (Å²) < 4.78 is 1.20. The van der Waals surface area contributed by atoms with Crippen molar-refractivity contribution in [2.45, 2.75) is 12.7 Å². The molecule has 4 heterocycles. The fourth-order valence-corrected chi connectivity index (χ4v) is 5.94. The SMILES string of the molecule is Cc1nc2cc(C3=CC(=O)N4C=C(N5CCNCC5)C=CC4P3)ccc2s1. The van der Waals surface area contributed by atoms with E-state index in [-0.39, 0.29) is 11.7 Å². The number of thiazole rings is 1. The monoisotopic (exact) mass is 396 g/mol. The van der Waals surface area contributed by atoms with Crippen LogP contribution in [0.4, 0.5) is 0 Å². The molecule has 2 unspecified atom stereocenters. The molecule has 0 bridgehead atoms. The molecule has 2 aromatic rings. The first-order valence-corrected chi connectivity index (χ1v) is 11.1. The number of hydrogen-bond donors (Lipinski definition) is 1. The Labute approximate surface area is 164 Å². The number of nitrogens with one attached hydrogen (secondary N) is 1. The number of hydrogen-bond acceptors (Lipinski definition) is 5. The molecule has 0 aliphatic carbocycles. The zero-order chi connectivity index (χ0) is 18.4. The van der Waals surface area contributed by atoms with Gasteiger partial charge in [0.15, 0.2) is 0 Å². The van der Waals surface area contributed by atoms with Gasteiger partial charge in [0.25, 0.3) is 5.91 Å². The van der Waals surface area contributed by atoms with Crippen molar-refractivity contribution in [2.24, 2.45) is 0 Å². The fourth-order valence-electron chi connectivity index (χ4n) is 3.75. The maximum atomic E-state index is 12.8. The second-order valence-corrected chi connectivity index (χ2v) is 9.61. The van der Waals surface area contributed by atoms with Crippen molar-refractivity contribution in [1.82, 2.24) is 20.1 Å². The molecule has 1 fully saturated rings. The number of aromatic nitrogens is 1. The van der Waals surface area contributed by atoms with E-state index >= 15 is 0 Å². The van der Waals surface area contributed by atoms with E-state index in [0.717, 1.165) is 53.3 Å². The lowest BCUT2D eigenvalue weighted by molar-refractivity contribution is -0.123. The third kappa shape index (κ3) is 3.22. The predicted octanol–water partition coefficient (Wildman–Crippen LogP) is 3.11. The molecular weight excluding hydrogens is 375 g/mol. The van der Waals surface area contributed by atoms with E-state index in [1.807, 2.05) is 18.0 Å². The van der Waals surface area contributed by atoms with Crippen LogP contribution in [0.2, 0.25) is 0 Å². The average Bonchev–Trinajstić information content (AvgIpc) is 3.07. The summed E-state index contributed by atoms with van der Waals surface area (Å²) in [6.07, 6.45) is 8.21. The predicted molar refractivity (Wildman–Crippen MR) is 113 cm³/mol. The maximum absolute atomic E-state index is 12.8. The number of amides is 1. The zero-order valence-corrected chi connectivity index (χ0v) is 16.9. The first-order chi connectivity index (χ1) is 13.2. The molecule has 0 saturated carbocycles. The molecule has 0 radical (unpaired) electrons. The number of nitrogens with zero attached hydrogens (tertiary/aromatic N) is 3. The van der Waals surface area contributed by atoms with Crippen LogP contribution in [0.5, 0.6) is 0 Å². The zero-order valence-electron chi connectivity index (χ0n) is 15.1. The molecule has 2 atom stereocenters. The number of benzene rings is 1. The summed E-state index contributed by atoms with van der Waals surface area (Å²) in [5, 5.41) is 5.57. The Morgan fingerprint density at radius 1 is 1.30 bits per heavy atom. The van der Waals surface area contributed by atoms with Crippen molar-refractivity contribution >= 4 is 41.4 Å². The highest BCUT2D eigenvalue weighted by Crippen LogP contribution is 2.45. The largest absolute Gasteiger partial charge is 0.368 e. The van der Waals surface area contributed by atoms with Crippen LogP contribution in [-0.4, -0.2) is 52.7 Å². The first-order valence-electron chi connectivity index (χ1n) is 9.21. The van der Waals surface area contributed by atoms with Gasteiger partial charge < -0.3 is 15.1 Å². The number of carbonyl (C=O) groups excluding carboxylic acids is 1. The molecular formula is C20H21N4OPS. The second kappa shape index (κ2) is 6.86. The van der Waals surface area contributed by atoms with Gasteiger partial charge in [-0.1, -0.05) is 20.7 Å². The van der Waals surface area contributed by atoms with Crippen LogP contribution in [0, 0.1) is 6.92 Å². The molecule has 1 aromatic heterocycles. The van der Waals surface area contributed by atoms with Gasteiger partial charge in [-0.25, -0.2) is 4.98 Å². The number of rotatable bonds is 2. The fraction of sp³-hybridized carbons (Fsp3) is 0.300. The normalized spacial score (nSPS) is 23.6. The molecule has 1 N–H and O–H groups in total. The molecule has 3 aliphatic rings. The third-order valence-electron chi connectivity index (χ3n) is 5.13. The van der Waals surface area contributed by atoms with E-state index in [1.165, 1.54) is 4.70 Å². The van der Waals surface area contributed by atoms with Crippen LogP contribution < -0.4 is 5.32 Å². The molecule has 7 heteroatoms. The molecule has 5 nitrogen and oxygen atoms in total. The van der Waals surface area contributed by atoms with Crippen molar-refractivity contribution in [3.8, 4) is 0 Å². The first kappa shape index (κ1) is 17.1. The van der Waals surface area contributed by atoms with Gasteiger partial charge in [0.2, 0.25) is 0 Å². The standard InChI is InChI=1S/C20H21N4OPS/c1-13-22-16-10-14(2-4-18(16)27-13)17-11-19(25)24-12-15(3-5-20(24)26-17)23-8-6-21-7-9-23/h2-5,10-12,20-21,26H,6-9H2,1H3. The van der Waals surface area contributed by atoms with Gasteiger partial charge >= 0.3 is 0 Å². The van der Waals surface area contributed by atoms with Crippen molar-refractivity contribution in [1.29, 1.82) is 0 Å². The Kier molecular flexibility index (Phi) is 4.35. The second-order valence-electron chi connectivity index (χ2n) is 6.96. The van der Waals surface area contributed by atoms with E-state index in [9.17, 15) is 4.79 Å². The average molecular weight is 396 g/mol. The molecule has 0 spiro atoms. The van der Waals surface area contributed by atoms with E-state index in [4.69, 9.17) is 0 Å². The summed E-state index contributed by atoms with van der Waals surface area (Å²) in [7, 11) is 0.542. The highest BCUT2D eigenvalue weighted by molar-refractivity contribution is 7.51. The number of piperazine rings is 1. The van der Waals surface area contributed by atoms with Gasteiger partial charge in [0, 0.05) is 38.5 Å². The van der Waals surface area contributed by atoms with Gasteiger partial charge in [0.05, 0.1) is 26.7 Å². The van der Waals surface area contributed by atoms with Gasteiger partial charge in [0.1, 0.15) is 0 Å². The highest BCUT2D eigenvalue weighted by Gasteiger charge is 2.29. The lowest BCUT2D eigenvalue weighted by Crippen LogP contribution is -2.44. The summed E-state index contributed by atoms with van der Waals surface area (Å²) in [4.78, 5) is 21.7. The lowest BCUT2D eigenvalue weighted by atomic mass is 10.1. The van der Waals surface area contributed by atoms with Crippen LogP contribution in [0.3, 0.4) is 0 Å². The summed E-state index contributed by atoms with van der Waals surface area (Å²) in [5.74, 6) is 0.192. The molecule has 1 amide bonds. The number of aryl methyl sites for hydroxylation is 1. The van der Waals surface area contributed by atoms with Gasteiger partial charge in [-0.15, -0.1) is 11.3 Å². The van der Waals surface area contributed by atoms with Crippen molar-refractivity contribution in [3.63, 3.8) is 0 Å². The summed E-state index contributed by atoms with van der Waals surface area (Å²) in [6, 6.07) is 6.36. The van der Waals surface area contributed by atoms with Gasteiger partial charge in [-0.2, -0.15) is 0 Å². The van der Waals surface area contributed by atoms with E-state index in [2.05, 4.69) is 45.6 Å². The van der Waals surface area contributed by atoms with Gasteiger partial charge in [-0.3, -0.25) is 4.79 Å². The van der Waals surface area contributed by atoms with E-state index in [0.29, 0.717) is 8.58 Å². The minimum atomic E-state index is 0.0697. The molecule has 1 aromatic carbocycles. The Hall–Kier alpha value is -2.01. The Morgan fingerprint density at radius 2 is 2.15 bits per heavy atom. The van der Waals surface area contributed by atoms with Gasteiger partial charge in [-0.05, 0) is 36.0 Å². The maximum Gasteiger partial charge on any atom is 0.252 e. The van der Waals surface area contributed by atoms with Crippen LogP contribution in [0.15, 0.2) is 48.3 Å². The summed E-state index contributed by atoms with van der Waals surface area (Å²) >= 11 is 1.71. The molecule has 138 valence electrons. The van der Waals surface area contributed by atoms with Crippen molar-refractivity contribution < 1.29 is 4.79 Å². The van der Waals surface area contributed by atoms with Crippen molar-refractivity contribution in [3.05, 3.63) is 58.9 Å².